The second-order valence-electron chi connectivity index (χ2n) is 7.18. The van der Waals surface area contributed by atoms with Crippen LogP contribution in [0.4, 0.5) is 4.39 Å². The van der Waals surface area contributed by atoms with Crippen molar-refractivity contribution < 1.29 is 18.6 Å². The molecule has 0 unspecified atom stereocenters. The minimum absolute atomic E-state index is 0.190. The van der Waals surface area contributed by atoms with Crippen LogP contribution < -0.4 is 14.8 Å². The molecule has 2 aliphatic rings. The van der Waals surface area contributed by atoms with Gasteiger partial charge in [0.1, 0.15) is 23.4 Å². The Morgan fingerprint density at radius 2 is 2.03 bits per heavy atom. The summed E-state index contributed by atoms with van der Waals surface area (Å²) in [5.74, 6) is 2.13. The molecule has 29 heavy (non-hydrogen) atoms. The van der Waals surface area contributed by atoms with Crippen molar-refractivity contribution in [1.29, 1.82) is 0 Å². The van der Waals surface area contributed by atoms with E-state index in [1.54, 1.807) is 7.05 Å². The number of hydrogen-bond acceptors (Lipinski definition) is 4. The first-order valence-corrected chi connectivity index (χ1v) is 9.92. The molecule has 0 atom stereocenters. The van der Waals surface area contributed by atoms with Gasteiger partial charge >= 0.3 is 0 Å². The number of aliphatic imine (C=N–C) groups is 1. The average molecular weight is 399 g/mol. The number of ether oxygens (including phenoxy) is 3. The molecule has 0 spiro atoms. The van der Waals surface area contributed by atoms with Crippen LogP contribution in [0.1, 0.15) is 24.0 Å². The highest BCUT2D eigenvalue weighted by Crippen LogP contribution is 2.29. The van der Waals surface area contributed by atoms with Crippen molar-refractivity contribution in [2.75, 3.05) is 26.9 Å². The van der Waals surface area contributed by atoms with Gasteiger partial charge in [-0.1, -0.05) is 18.2 Å². The topological polar surface area (TPSA) is 55.3 Å². The average Bonchev–Trinajstić information content (AvgIpc) is 2.76. The smallest absolute Gasteiger partial charge is 0.193 e. The van der Waals surface area contributed by atoms with Gasteiger partial charge in [-0.3, -0.25) is 4.99 Å². The highest BCUT2D eigenvalue weighted by molar-refractivity contribution is 5.80. The third-order valence-electron chi connectivity index (χ3n) is 5.19. The highest BCUT2D eigenvalue weighted by Gasteiger charge is 2.23. The molecule has 0 aliphatic carbocycles. The maximum absolute atomic E-state index is 13.9. The van der Waals surface area contributed by atoms with Crippen LogP contribution in [0.2, 0.25) is 0 Å². The fraction of sp³-hybridized carbons (Fsp3) is 0.409. The van der Waals surface area contributed by atoms with Crippen LogP contribution in [0.3, 0.4) is 0 Å². The first-order chi connectivity index (χ1) is 14.2. The molecule has 0 saturated carbocycles. The van der Waals surface area contributed by atoms with Crippen molar-refractivity contribution in [2.45, 2.75) is 32.1 Å². The van der Waals surface area contributed by atoms with E-state index >= 15 is 0 Å². The molecule has 0 aromatic heterocycles. The van der Waals surface area contributed by atoms with E-state index in [0.717, 1.165) is 48.8 Å². The zero-order valence-electron chi connectivity index (χ0n) is 16.6. The normalized spacial score (nSPS) is 17.4. The van der Waals surface area contributed by atoms with Crippen molar-refractivity contribution in [3.05, 3.63) is 59.4 Å². The number of nitrogens with zero attached hydrogens (tertiary/aromatic N) is 2. The zero-order valence-corrected chi connectivity index (χ0v) is 16.6. The molecule has 2 aromatic carbocycles. The van der Waals surface area contributed by atoms with E-state index in [2.05, 4.69) is 15.2 Å². The number of para-hydroxylation sites is 1. The van der Waals surface area contributed by atoms with E-state index in [1.165, 1.54) is 12.1 Å². The summed E-state index contributed by atoms with van der Waals surface area (Å²) < 4.78 is 30.8. The Kier molecular flexibility index (Phi) is 6.14. The Morgan fingerprint density at radius 1 is 1.24 bits per heavy atom. The monoisotopic (exact) mass is 399 g/mol. The van der Waals surface area contributed by atoms with Crippen LogP contribution in [-0.4, -0.2) is 43.9 Å². The number of rotatable bonds is 4. The molecule has 6 nitrogen and oxygen atoms in total. The predicted octanol–water partition coefficient (Wildman–Crippen LogP) is 3.31. The fourth-order valence-electron chi connectivity index (χ4n) is 3.77. The predicted molar refractivity (Wildman–Crippen MR) is 109 cm³/mol. The van der Waals surface area contributed by atoms with Crippen molar-refractivity contribution in [3.63, 3.8) is 0 Å². The summed E-state index contributed by atoms with van der Waals surface area (Å²) in [4.78, 5) is 6.61. The number of benzene rings is 2. The van der Waals surface area contributed by atoms with Crippen LogP contribution in [0.15, 0.2) is 47.5 Å². The van der Waals surface area contributed by atoms with Crippen LogP contribution in [0.5, 0.6) is 11.5 Å². The Hall–Kier alpha value is -2.80. The molecular formula is C22H26FN3O3. The Balaban J connectivity index is 1.33. The number of guanidine groups is 1. The zero-order chi connectivity index (χ0) is 20.1. The lowest BCUT2D eigenvalue weighted by atomic mass is 10.1. The molecule has 1 N–H and O–H groups in total. The van der Waals surface area contributed by atoms with E-state index in [1.807, 2.05) is 30.3 Å². The van der Waals surface area contributed by atoms with Gasteiger partial charge in [0.25, 0.3) is 0 Å². The van der Waals surface area contributed by atoms with Gasteiger partial charge in [0.15, 0.2) is 12.8 Å². The van der Waals surface area contributed by atoms with Crippen molar-refractivity contribution in [2.24, 2.45) is 4.99 Å². The Bertz CT molecular complexity index is 852. The largest absolute Gasteiger partial charge is 0.490 e. The molecule has 2 heterocycles. The molecule has 1 saturated heterocycles. The molecule has 7 heteroatoms. The highest BCUT2D eigenvalue weighted by atomic mass is 19.1. The molecule has 0 radical (unpaired) electrons. The maximum atomic E-state index is 13.9. The van der Waals surface area contributed by atoms with Crippen molar-refractivity contribution >= 4 is 5.96 Å². The number of hydrogen-bond donors (Lipinski definition) is 1. The SMILES string of the molecule is CN=C(NCc1cc(F)cc2c1OCOC2)N1CCC(Oc2ccccc2)CC1. The van der Waals surface area contributed by atoms with E-state index < -0.39 is 0 Å². The third-order valence-corrected chi connectivity index (χ3v) is 5.19. The van der Waals surface area contributed by atoms with E-state index in [-0.39, 0.29) is 18.7 Å². The van der Waals surface area contributed by atoms with Gasteiger partial charge in [-0.15, -0.1) is 0 Å². The van der Waals surface area contributed by atoms with E-state index in [9.17, 15) is 4.39 Å². The Labute approximate surface area is 170 Å². The molecule has 2 aromatic rings. The summed E-state index contributed by atoms with van der Waals surface area (Å²) in [7, 11) is 1.76. The molecule has 154 valence electrons. The summed E-state index contributed by atoms with van der Waals surface area (Å²) in [6.07, 6.45) is 2.05. The van der Waals surface area contributed by atoms with Gasteiger partial charge in [0.2, 0.25) is 0 Å². The number of likely N-dealkylation sites (tertiary alicyclic amines) is 1. The summed E-state index contributed by atoms with van der Waals surface area (Å²) >= 11 is 0. The van der Waals surface area contributed by atoms with Gasteiger partial charge in [-0.2, -0.15) is 0 Å². The van der Waals surface area contributed by atoms with Crippen LogP contribution in [0.25, 0.3) is 0 Å². The lowest BCUT2D eigenvalue weighted by molar-refractivity contribution is -0.0173. The van der Waals surface area contributed by atoms with Gasteiger partial charge in [0, 0.05) is 50.7 Å². The molecule has 0 amide bonds. The minimum Gasteiger partial charge on any atom is -0.490 e. The second kappa shape index (κ2) is 9.13. The van der Waals surface area contributed by atoms with Gasteiger partial charge < -0.3 is 24.4 Å². The summed E-state index contributed by atoms with van der Waals surface area (Å²) in [6, 6.07) is 12.9. The van der Waals surface area contributed by atoms with Crippen LogP contribution in [-0.2, 0) is 17.9 Å². The number of nitrogens with one attached hydrogen (secondary N) is 1. The first-order valence-electron chi connectivity index (χ1n) is 9.92. The maximum Gasteiger partial charge on any atom is 0.193 e. The molecule has 2 aliphatic heterocycles. The first kappa shape index (κ1) is 19.5. The van der Waals surface area contributed by atoms with Crippen molar-refractivity contribution in [3.8, 4) is 11.5 Å². The quantitative estimate of drug-likeness (QED) is 0.632. The molecular weight excluding hydrogens is 373 g/mol. The lowest BCUT2D eigenvalue weighted by Gasteiger charge is -2.34. The summed E-state index contributed by atoms with van der Waals surface area (Å²) in [6.45, 7) is 2.69. The second-order valence-corrected chi connectivity index (χ2v) is 7.18. The van der Waals surface area contributed by atoms with Gasteiger partial charge in [0.05, 0.1) is 6.61 Å². The van der Waals surface area contributed by atoms with Gasteiger partial charge in [-0.05, 0) is 24.3 Å². The third kappa shape index (κ3) is 4.79. The summed E-state index contributed by atoms with van der Waals surface area (Å²) in [5.41, 5.74) is 1.51. The molecule has 1 fully saturated rings. The lowest BCUT2D eigenvalue weighted by Crippen LogP contribution is -2.47. The van der Waals surface area contributed by atoms with Gasteiger partial charge in [-0.25, -0.2) is 4.39 Å². The van der Waals surface area contributed by atoms with E-state index in [4.69, 9.17) is 14.2 Å². The fourth-order valence-corrected chi connectivity index (χ4v) is 3.77. The standard InChI is InChI=1S/C22H26FN3O3/c1-24-22(25-13-16-11-18(23)12-17-14-27-15-28-21(16)17)26-9-7-20(8-10-26)29-19-5-3-2-4-6-19/h2-6,11-12,20H,7-10,13-15H2,1H3,(H,24,25). The van der Waals surface area contributed by atoms with E-state index in [0.29, 0.717) is 18.9 Å². The molecule has 0 bridgehead atoms. The summed E-state index contributed by atoms with van der Waals surface area (Å²) in [5, 5.41) is 3.34. The Morgan fingerprint density at radius 3 is 2.79 bits per heavy atom. The number of halogens is 1. The van der Waals surface area contributed by atoms with Crippen LogP contribution in [0, 0.1) is 5.82 Å². The minimum atomic E-state index is -0.288. The van der Waals surface area contributed by atoms with Crippen molar-refractivity contribution in [1.82, 2.24) is 10.2 Å². The molecule has 4 rings (SSSR count). The van der Waals surface area contributed by atoms with Crippen LogP contribution >= 0.6 is 0 Å². The number of fused-ring (bicyclic) bond motifs is 1. The number of piperidine rings is 1.